The number of nitrogens with one attached hydrogen (secondary N) is 2. The van der Waals surface area contributed by atoms with E-state index in [4.69, 9.17) is 0 Å². The van der Waals surface area contributed by atoms with Gasteiger partial charge in [-0.3, -0.25) is 19.3 Å². The van der Waals surface area contributed by atoms with E-state index in [-0.39, 0.29) is 36.1 Å². The Morgan fingerprint density at radius 3 is 2.71 bits per heavy atom. The summed E-state index contributed by atoms with van der Waals surface area (Å²) >= 11 is 0. The van der Waals surface area contributed by atoms with Crippen molar-refractivity contribution in [3.05, 3.63) is 69.6 Å². The standard InChI is InChI=1S/C26H27F2N5O2/c27-19-11-15-5-6-21-18(17(15)12-20(19)28)13-24(29-21)31-25(34)14-32-9-7-16(8-10-32)33-23-4-2-1-3-22(23)30-26(33)35/h1-4,11-12,16,18,21H,5-10,13-14H2,(H,30,35)(H,29,31,34)/t18-,21+/m0/s1. The molecule has 6 rings (SSSR count). The van der Waals surface area contributed by atoms with Crippen molar-refractivity contribution in [1.29, 1.82) is 0 Å². The molecule has 1 amide bonds. The molecule has 3 heterocycles. The van der Waals surface area contributed by atoms with Crippen molar-refractivity contribution < 1.29 is 13.6 Å². The van der Waals surface area contributed by atoms with Gasteiger partial charge in [0.1, 0.15) is 5.84 Å². The van der Waals surface area contributed by atoms with Crippen LogP contribution in [-0.4, -0.2) is 51.9 Å². The first-order valence-corrected chi connectivity index (χ1v) is 12.2. The number of aryl methyl sites for hydroxylation is 1. The Morgan fingerprint density at radius 1 is 1.11 bits per heavy atom. The number of para-hydroxylation sites is 2. The molecule has 0 radical (unpaired) electrons. The zero-order valence-corrected chi connectivity index (χ0v) is 19.3. The second kappa shape index (κ2) is 8.71. The fourth-order valence-electron chi connectivity index (χ4n) is 6.00. The number of carbonyl (C=O) groups is 1. The van der Waals surface area contributed by atoms with Crippen LogP contribution in [0.25, 0.3) is 11.0 Å². The Balaban J connectivity index is 1.05. The number of imidazole rings is 1. The van der Waals surface area contributed by atoms with Gasteiger partial charge in [0.25, 0.3) is 0 Å². The molecule has 9 heteroatoms. The van der Waals surface area contributed by atoms with Gasteiger partial charge in [-0.05, 0) is 61.1 Å². The molecule has 35 heavy (non-hydrogen) atoms. The topological polar surface area (TPSA) is 82.5 Å². The van der Waals surface area contributed by atoms with Gasteiger partial charge in [-0.2, -0.15) is 0 Å². The third kappa shape index (κ3) is 4.07. The van der Waals surface area contributed by atoms with Gasteiger partial charge in [0.2, 0.25) is 5.91 Å². The van der Waals surface area contributed by atoms with Crippen LogP contribution >= 0.6 is 0 Å². The van der Waals surface area contributed by atoms with Gasteiger partial charge in [0.15, 0.2) is 11.6 Å². The number of aliphatic imine (C=N–C) groups is 1. The molecule has 1 aromatic heterocycles. The molecule has 2 aliphatic heterocycles. The Kier molecular flexibility index (Phi) is 5.51. The molecule has 182 valence electrons. The minimum absolute atomic E-state index is 0.00658. The molecule has 2 aromatic carbocycles. The number of rotatable bonds is 3. The van der Waals surface area contributed by atoms with Gasteiger partial charge >= 0.3 is 5.69 Å². The van der Waals surface area contributed by atoms with Gasteiger partial charge in [-0.1, -0.05) is 12.1 Å². The third-order valence-electron chi connectivity index (χ3n) is 7.69. The number of amidine groups is 1. The maximum absolute atomic E-state index is 13.8. The first kappa shape index (κ1) is 22.2. The first-order valence-electron chi connectivity index (χ1n) is 12.2. The second-order valence-corrected chi connectivity index (χ2v) is 9.83. The highest BCUT2D eigenvalue weighted by Gasteiger charge is 2.36. The minimum atomic E-state index is -0.833. The molecular formula is C26H27F2N5O2. The van der Waals surface area contributed by atoms with Crippen LogP contribution in [0.4, 0.5) is 8.78 Å². The monoisotopic (exact) mass is 479 g/mol. The van der Waals surface area contributed by atoms with Gasteiger partial charge in [-0.25, -0.2) is 13.6 Å². The van der Waals surface area contributed by atoms with Gasteiger partial charge in [-0.15, -0.1) is 0 Å². The van der Waals surface area contributed by atoms with Crippen LogP contribution in [0.15, 0.2) is 46.2 Å². The molecular weight excluding hydrogens is 452 g/mol. The fourth-order valence-corrected chi connectivity index (χ4v) is 6.00. The lowest BCUT2D eigenvalue weighted by atomic mass is 9.79. The molecule has 0 bridgehead atoms. The highest BCUT2D eigenvalue weighted by molar-refractivity contribution is 6.00. The number of aromatic nitrogens is 2. The van der Waals surface area contributed by atoms with Crippen LogP contribution in [0.5, 0.6) is 0 Å². The normalized spacial score (nSPS) is 22.6. The number of hydrogen-bond donors (Lipinski definition) is 2. The minimum Gasteiger partial charge on any atom is -0.313 e. The smallest absolute Gasteiger partial charge is 0.313 e. The van der Waals surface area contributed by atoms with E-state index in [1.54, 1.807) is 0 Å². The molecule has 0 saturated carbocycles. The van der Waals surface area contributed by atoms with Crippen LogP contribution in [-0.2, 0) is 11.2 Å². The molecule has 1 aliphatic carbocycles. The molecule has 0 spiro atoms. The molecule has 2 N–H and O–H groups in total. The number of H-pyrrole nitrogens is 1. The Bertz CT molecular complexity index is 1390. The van der Waals surface area contributed by atoms with Crippen molar-refractivity contribution in [2.24, 2.45) is 4.99 Å². The average molecular weight is 480 g/mol. The van der Waals surface area contributed by atoms with E-state index in [0.717, 1.165) is 54.5 Å². The van der Waals surface area contributed by atoms with E-state index in [0.29, 0.717) is 18.7 Å². The molecule has 3 aliphatic rings. The molecule has 1 fully saturated rings. The zero-order chi connectivity index (χ0) is 24.1. The average Bonchev–Trinajstić information content (AvgIpc) is 3.40. The summed E-state index contributed by atoms with van der Waals surface area (Å²) in [6, 6.07) is 10.4. The number of aromatic amines is 1. The fraction of sp³-hybridized carbons (Fsp3) is 0.423. The maximum atomic E-state index is 13.8. The van der Waals surface area contributed by atoms with Gasteiger partial charge in [0, 0.05) is 31.5 Å². The SMILES string of the molecule is O=C(CN1CCC(n2c(=O)[nH]c3ccccc32)CC1)NC1=N[C@@H]2CCc3cc(F)c(F)cc3[C@@H]2C1. The van der Waals surface area contributed by atoms with E-state index in [1.807, 2.05) is 28.8 Å². The second-order valence-electron chi connectivity index (χ2n) is 9.83. The quantitative estimate of drug-likeness (QED) is 0.605. The third-order valence-corrected chi connectivity index (χ3v) is 7.69. The van der Waals surface area contributed by atoms with E-state index in [9.17, 15) is 18.4 Å². The van der Waals surface area contributed by atoms with Crippen molar-refractivity contribution in [3.63, 3.8) is 0 Å². The first-order chi connectivity index (χ1) is 17.0. The Hall–Kier alpha value is -3.33. The largest absolute Gasteiger partial charge is 0.326 e. The van der Waals surface area contributed by atoms with Gasteiger partial charge in [0.05, 0.1) is 23.6 Å². The van der Waals surface area contributed by atoms with E-state index in [1.165, 1.54) is 12.1 Å². The van der Waals surface area contributed by atoms with Crippen molar-refractivity contribution in [1.82, 2.24) is 19.8 Å². The summed E-state index contributed by atoms with van der Waals surface area (Å²) in [5.41, 5.74) is 3.31. The van der Waals surface area contributed by atoms with Crippen molar-refractivity contribution in [2.75, 3.05) is 19.6 Å². The summed E-state index contributed by atoms with van der Waals surface area (Å²) in [6.07, 6.45) is 3.54. The summed E-state index contributed by atoms with van der Waals surface area (Å²) in [5.74, 6) is -1.15. The Labute approximate surface area is 200 Å². The lowest BCUT2D eigenvalue weighted by molar-refractivity contribution is -0.121. The highest BCUT2D eigenvalue weighted by Crippen LogP contribution is 2.40. The van der Waals surface area contributed by atoms with Crippen molar-refractivity contribution in [2.45, 2.75) is 50.1 Å². The number of halogens is 2. The van der Waals surface area contributed by atoms with Crippen LogP contribution in [0, 0.1) is 11.6 Å². The van der Waals surface area contributed by atoms with Crippen LogP contribution in [0.2, 0.25) is 0 Å². The number of piperidine rings is 1. The predicted octanol–water partition coefficient (Wildman–Crippen LogP) is 3.26. The number of likely N-dealkylation sites (tertiary alicyclic amines) is 1. The van der Waals surface area contributed by atoms with Crippen molar-refractivity contribution >= 4 is 22.8 Å². The molecule has 7 nitrogen and oxygen atoms in total. The number of hydrogen-bond acceptors (Lipinski definition) is 4. The van der Waals surface area contributed by atoms with E-state index >= 15 is 0 Å². The van der Waals surface area contributed by atoms with Crippen molar-refractivity contribution in [3.8, 4) is 0 Å². The summed E-state index contributed by atoms with van der Waals surface area (Å²) in [5, 5.41) is 2.95. The summed E-state index contributed by atoms with van der Waals surface area (Å²) < 4.78 is 29.3. The van der Waals surface area contributed by atoms with Crippen LogP contribution < -0.4 is 11.0 Å². The summed E-state index contributed by atoms with van der Waals surface area (Å²) in [4.78, 5) is 34.9. The van der Waals surface area contributed by atoms with Crippen LogP contribution in [0.3, 0.4) is 0 Å². The maximum Gasteiger partial charge on any atom is 0.326 e. The summed E-state index contributed by atoms with van der Waals surface area (Å²) in [6.45, 7) is 1.71. The number of amides is 1. The number of fused-ring (bicyclic) bond motifs is 4. The molecule has 2 atom stereocenters. The molecule has 1 saturated heterocycles. The van der Waals surface area contributed by atoms with E-state index in [2.05, 4.69) is 20.2 Å². The number of benzene rings is 2. The lowest BCUT2D eigenvalue weighted by Gasteiger charge is -2.32. The Morgan fingerprint density at radius 2 is 1.89 bits per heavy atom. The predicted molar refractivity (Wildman–Crippen MR) is 129 cm³/mol. The zero-order valence-electron chi connectivity index (χ0n) is 19.3. The van der Waals surface area contributed by atoms with Gasteiger partial charge < -0.3 is 10.3 Å². The van der Waals surface area contributed by atoms with E-state index < -0.39 is 11.6 Å². The number of nitrogens with zero attached hydrogens (tertiary/aromatic N) is 3. The molecule has 0 unspecified atom stereocenters. The number of carbonyl (C=O) groups excluding carboxylic acids is 1. The summed E-state index contributed by atoms with van der Waals surface area (Å²) in [7, 11) is 0. The lowest BCUT2D eigenvalue weighted by Crippen LogP contribution is -2.44. The highest BCUT2D eigenvalue weighted by atomic mass is 19.2. The molecule has 3 aromatic rings. The van der Waals surface area contributed by atoms with Crippen LogP contribution in [0.1, 0.15) is 48.8 Å².